The molecule has 2 heterocycles. The molecule has 0 bridgehead atoms. The summed E-state index contributed by atoms with van der Waals surface area (Å²) in [5, 5.41) is 16.6. The normalized spacial score (nSPS) is 10.6. The summed E-state index contributed by atoms with van der Waals surface area (Å²) in [7, 11) is 1.60. The Labute approximate surface area is 168 Å². The van der Waals surface area contributed by atoms with Crippen molar-refractivity contribution in [1.82, 2.24) is 29.7 Å². The lowest BCUT2D eigenvalue weighted by Gasteiger charge is -2.11. The molecule has 3 rings (SSSR count). The number of carbonyl (C=O) groups excluding carboxylic acids is 1. The van der Waals surface area contributed by atoms with E-state index in [1.807, 2.05) is 6.26 Å². The molecule has 0 saturated carbocycles. The maximum atomic E-state index is 12.3. The number of methoxy groups -OCH3 is 1. The van der Waals surface area contributed by atoms with Gasteiger partial charge in [-0.1, -0.05) is 23.5 Å². The Morgan fingerprint density at radius 1 is 1.18 bits per heavy atom. The maximum Gasteiger partial charge on any atom is 0.249 e. The van der Waals surface area contributed by atoms with E-state index in [2.05, 4.69) is 25.8 Å². The second-order valence-corrected chi connectivity index (χ2v) is 6.96. The van der Waals surface area contributed by atoms with Gasteiger partial charge in [0.2, 0.25) is 16.2 Å². The average molecular weight is 422 g/mol. The number of thioether (sulfide) groups is 2. The number of nitrogens with two attached hydrogens (primary N) is 1. The highest BCUT2D eigenvalue weighted by Gasteiger charge is 2.16. The average Bonchev–Trinajstić information content (AvgIpc) is 3.30. The Bertz CT molecular complexity index is 928. The minimum Gasteiger partial charge on any atom is -0.497 e. The quantitative estimate of drug-likeness (QED) is 0.376. The van der Waals surface area contributed by atoms with Crippen molar-refractivity contribution in [3.63, 3.8) is 0 Å². The molecule has 2 aromatic heterocycles. The first-order valence-electron chi connectivity index (χ1n) is 7.93. The number of ether oxygens (including phenoxy) is 2. The molecule has 28 heavy (non-hydrogen) atoms. The van der Waals surface area contributed by atoms with Gasteiger partial charge in [-0.25, -0.2) is 9.35 Å². The highest BCUT2D eigenvalue weighted by atomic mass is 32.2. The number of benzene rings is 1. The summed E-state index contributed by atoms with van der Waals surface area (Å²) < 4.78 is 13.6. The van der Waals surface area contributed by atoms with E-state index in [9.17, 15) is 4.79 Å². The van der Waals surface area contributed by atoms with Gasteiger partial charge in [-0.3, -0.25) is 10.2 Å². The number of nitrogens with one attached hydrogen (secondary N) is 1. The van der Waals surface area contributed by atoms with E-state index < -0.39 is 0 Å². The number of nitrogens with zero attached hydrogens (tertiary/aromatic N) is 6. The van der Waals surface area contributed by atoms with Crippen LogP contribution < -0.4 is 20.7 Å². The summed E-state index contributed by atoms with van der Waals surface area (Å²) in [6.45, 7) is 0.129. The highest BCUT2D eigenvalue weighted by Crippen LogP contribution is 2.19. The lowest BCUT2D eigenvalue weighted by molar-refractivity contribution is -0.114. The molecule has 0 aliphatic carbocycles. The predicted molar refractivity (Wildman–Crippen MR) is 104 cm³/mol. The number of carbonyl (C=O) groups is 1. The Kier molecular flexibility index (Phi) is 6.60. The summed E-state index contributed by atoms with van der Waals surface area (Å²) in [6.07, 6.45) is 3.20. The third-order valence-corrected chi connectivity index (χ3v) is 5.01. The first kappa shape index (κ1) is 19.8. The molecule has 3 aromatic rings. The number of rotatable bonds is 9. The molecule has 0 aliphatic rings. The third-order valence-electron chi connectivity index (χ3n) is 3.42. The van der Waals surface area contributed by atoms with Crippen molar-refractivity contribution in [1.29, 1.82) is 0 Å². The fourth-order valence-electron chi connectivity index (χ4n) is 2.08. The van der Waals surface area contributed by atoms with Crippen molar-refractivity contribution >= 4 is 29.4 Å². The molecule has 0 spiro atoms. The minimum atomic E-state index is -0.270. The van der Waals surface area contributed by atoms with Crippen molar-refractivity contribution in [3.05, 3.63) is 36.4 Å². The van der Waals surface area contributed by atoms with Crippen molar-refractivity contribution in [2.24, 2.45) is 0 Å². The molecule has 3 N–H and O–H groups in total. The van der Waals surface area contributed by atoms with E-state index >= 15 is 0 Å². The number of amides is 1. The van der Waals surface area contributed by atoms with Crippen LogP contribution in [-0.2, 0) is 11.4 Å². The molecular formula is C15H18N8O3S2. The van der Waals surface area contributed by atoms with Gasteiger partial charge in [0.1, 0.15) is 24.4 Å². The molecule has 0 atom stereocenters. The molecule has 0 aliphatic heterocycles. The van der Waals surface area contributed by atoms with Crippen molar-refractivity contribution in [2.75, 3.05) is 30.4 Å². The second-order valence-electron chi connectivity index (χ2n) is 5.25. The molecule has 0 radical (unpaired) electrons. The molecule has 0 saturated heterocycles. The van der Waals surface area contributed by atoms with Crippen LogP contribution in [0.4, 0.5) is 0 Å². The SMILES string of the molecule is COc1ccc(OCc2nnc(SC)n2NC(=O)CSc2nncn2N)cc1. The number of hydrogen-bond acceptors (Lipinski definition) is 10. The van der Waals surface area contributed by atoms with Crippen LogP contribution in [0, 0.1) is 0 Å². The summed E-state index contributed by atoms with van der Waals surface area (Å²) in [4.78, 5) is 12.3. The molecule has 13 heteroatoms. The zero-order valence-electron chi connectivity index (χ0n) is 15.1. The summed E-state index contributed by atoms with van der Waals surface area (Å²) in [5.74, 6) is 7.30. The smallest absolute Gasteiger partial charge is 0.249 e. The van der Waals surface area contributed by atoms with Gasteiger partial charge >= 0.3 is 0 Å². The minimum absolute atomic E-state index is 0.0979. The standard InChI is InChI=1S/C15H18N8O3S2/c1-25-10-3-5-11(6-4-10)26-7-12-18-20-15(27-2)23(12)21-13(24)8-28-14-19-17-9-22(14)16/h3-6,9H,7-8,16H2,1-2H3,(H,21,24). The highest BCUT2D eigenvalue weighted by molar-refractivity contribution is 7.99. The Morgan fingerprint density at radius 3 is 2.57 bits per heavy atom. The predicted octanol–water partition coefficient (Wildman–Crippen LogP) is 0.755. The molecule has 0 unspecified atom stereocenters. The van der Waals surface area contributed by atoms with Gasteiger partial charge in [-0.2, -0.15) is 0 Å². The fraction of sp³-hybridized carbons (Fsp3) is 0.267. The number of hydrogen-bond donors (Lipinski definition) is 2. The van der Waals surface area contributed by atoms with Crippen LogP contribution in [0.3, 0.4) is 0 Å². The van der Waals surface area contributed by atoms with Crippen molar-refractivity contribution in [3.8, 4) is 11.5 Å². The van der Waals surface area contributed by atoms with E-state index in [1.165, 1.54) is 27.4 Å². The largest absolute Gasteiger partial charge is 0.497 e. The van der Waals surface area contributed by atoms with Crippen LogP contribution in [-0.4, -0.2) is 54.8 Å². The van der Waals surface area contributed by atoms with Gasteiger partial charge in [-0.15, -0.1) is 20.4 Å². The van der Waals surface area contributed by atoms with Gasteiger partial charge in [0.25, 0.3) is 0 Å². The molecule has 1 amide bonds. The van der Waals surface area contributed by atoms with Gasteiger partial charge in [0, 0.05) is 0 Å². The Balaban J connectivity index is 1.62. The maximum absolute atomic E-state index is 12.3. The van der Waals surface area contributed by atoms with Crippen LogP contribution in [0.25, 0.3) is 0 Å². The van der Waals surface area contributed by atoms with Crippen LogP contribution in [0.15, 0.2) is 40.9 Å². The zero-order valence-corrected chi connectivity index (χ0v) is 16.7. The monoisotopic (exact) mass is 422 g/mol. The van der Waals surface area contributed by atoms with Crippen molar-refractivity contribution in [2.45, 2.75) is 16.9 Å². The Hall–Kier alpha value is -2.93. The van der Waals surface area contributed by atoms with Gasteiger partial charge < -0.3 is 15.3 Å². The molecule has 1 aromatic carbocycles. The third kappa shape index (κ3) is 4.86. The second kappa shape index (κ2) is 9.32. The number of aromatic nitrogens is 6. The van der Waals surface area contributed by atoms with E-state index in [-0.39, 0.29) is 18.3 Å². The zero-order chi connectivity index (χ0) is 19.9. The van der Waals surface area contributed by atoms with E-state index in [0.717, 1.165) is 17.5 Å². The van der Waals surface area contributed by atoms with Gasteiger partial charge in [-0.05, 0) is 30.5 Å². The van der Waals surface area contributed by atoms with Crippen LogP contribution in [0.5, 0.6) is 11.5 Å². The Morgan fingerprint density at radius 2 is 1.93 bits per heavy atom. The van der Waals surface area contributed by atoms with Gasteiger partial charge in [0.15, 0.2) is 5.82 Å². The molecule has 11 nitrogen and oxygen atoms in total. The first-order valence-corrected chi connectivity index (χ1v) is 10.1. The lowest BCUT2D eigenvalue weighted by Crippen LogP contribution is -2.27. The lowest BCUT2D eigenvalue weighted by atomic mass is 10.3. The van der Waals surface area contributed by atoms with Crippen LogP contribution >= 0.6 is 23.5 Å². The van der Waals surface area contributed by atoms with E-state index in [1.54, 1.807) is 31.4 Å². The van der Waals surface area contributed by atoms with Crippen LogP contribution in [0.1, 0.15) is 5.82 Å². The number of nitrogen functional groups attached to an aromatic ring is 1. The first-order chi connectivity index (χ1) is 13.6. The fourth-order valence-corrected chi connectivity index (χ4v) is 3.16. The van der Waals surface area contributed by atoms with Gasteiger partial charge in [0.05, 0.1) is 12.9 Å². The topological polar surface area (TPSA) is 135 Å². The summed E-state index contributed by atoms with van der Waals surface area (Å²) in [6, 6.07) is 7.16. The van der Waals surface area contributed by atoms with Crippen LogP contribution in [0.2, 0.25) is 0 Å². The van der Waals surface area contributed by atoms with E-state index in [4.69, 9.17) is 15.3 Å². The molecule has 148 valence electrons. The molecular weight excluding hydrogens is 404 g/mol. The summed E-state index contributed by atoms with van der Waals surface area (Å²) in [5.41, 5.74) is 2.76. The summed E-state index contributed by atoms with van der Waals surface area (Å²) >= 11 is 2.52. The molecule has 0 fully saturated rings. The van der Waals surface area contributed by atoms with E-state index in [0.29, 0.717) is 21.9 Å². The van der Waals surface area contributed by atoms with Crippen molar-refractivity contribution < 1.29 is 14.3 Å².